The van der Waals surface area contributed by atoms with Crippen LogP contribution in [0, 0.1) is 20.8 Å². The topological polar surface area (TPSA) is 33.2 Å². The molecule has 0 radical (unpaired) electrons. The van der Waals surface area contributed by atoms with Gasteiger partial charge in [-0.05, 0) is 37.5 Å². The van der Waals surface area contributed by atoms with Crippen LogP contribution in [0.5, 0.6) is 0 Å². The molecule has 1 saturated heterocycles. The van der Waals surface area contributed by atoms with E-state index in [1.807, 2.05) is 18.0 Å². The Kier molecular flexibility index (Phi) is 3.56. The highest BCUT2D eigenvalue weighted by Crippen LogP contribution is 2.43. The Hall–Kier alpha value is -1.33. The van der Waals surface area contributed by atoms with Crippen LogP contribution in [0.15, 0.2) is 24.4 Å². The molecular weight excluding hydrogens is 288 g/mol. The number of carbonyl (C=O) groups is 1. The van der Waals surface area contributed by atoms with Gasteiger partial charge >= 0.3 is 0 Å². The minimum absolute atomic E-state index is 0.0485. The van der Waals surface area contributed by atoms with Crippen molar-refractivity contribution in [3.63, 3.8) is 0 Å². The molecule has 1 atom stereocenters. The average molecular weight is 304 g/mol. The number of thioether (sulfide) groups is 1. The summed E-state index contributed by atoms with van der Waals surface area (Å²) in [4.78, 5) is 19.5. The van der Waals surface area contributed by atoms with Gasteiger partial charge in [0.05, 0.1) is 5.75 Å². The van der Waals surface area contributed by atoms with Gasteiger partial charge in [-0.25, -0.2) is 4.98 Å². The molecule has 0 saturated carbocycles. The summed E-state index contributed by atoms with van der Waals surface area (Å²) >= 11 is 3.25. The van der Waals surface area contributed by atoms with Gasteiger partial charge in [0.1, 0.15) is 5.37 Å². The maximum absolute atomic E-state index is 12.2. The van der Waals surface area contributed by atoms with Gasteiger partial charge in [0.2, 0.25) is 5.91 Å². The summed E-state index contributed by atoms with van der Waals surface area (Å²) in [6.07, 6.45) is 1.83. The van der Waals surface area contributed by atoms with Crippen molar-refractivity contribution in [1.82, 2.24) is 4.98 Å². The molecule has 0 aliphatic carbocycles. The number of thiazole rings is 1. The minimum Gasteiger partial charge on any atom is -0.273 e. The van der Waals surface area contributed by atoms with E-state index in [1.165, 1.54) is 16.7 Å². The lowest BCUT2D eigenvalue weighted by Crippen LogP contribution is -2.27. The van der Waals surface area contributed by atoms with Crippen LogP contribution in [0.2, 0.25) is 0 Å². The van der Waals surface area contributed by atoms with Crippen LogP contribution in [0.4, 0.5) is 5.13 Å². The van der Waals surface area contributed by atoms with Crippen LogP contribution >= 0.6 is 23.1 Å². The van der Waals surface area contributed by atoms with Crippen LogP contribution in [-0.2, 0) is 4.79 Å². The number of rotatable bonds is 2. The zero-order valence-corrected chi connectivity index (χ0v) is 13.3. The summed E-state index contributed by atoms with van der Waals surface area (Å²) in [6.45, 7) is 6.23. The first-order valence-electron chi connectivity index (χ1n) is 6.49. The Morgan fingerprint density at radius 2 is 2.05 bits per heavy atom. The molecule has 1 amide bonds. The fourth-order valence-corrected chi connectivity index (χ4v) is 4.27. The summed E-state index contributed by atoms with van der Waals surface area (Å²) in [5, 5.41) is 0.855. The lowest BCUT2D eigenvalue weighted by atomic mass is 10.1. The lowest BCUT2D eigenvalue weighted by molar-refractivity contribution is -0.115. The van der Waals surface area contributed by atoms with Crippen LogP contribution < -0.4 is 4.90 Å². The van der Waals surface area contributed by atoms with E-state index >= 15 is 0 Å². The van der Waals surface area contributed by atoms with E-state index in [2.05, 4.69) is 37.0 Å². The first-order chi connectivity index (χ1) is 9.56. The first-order valence-corrected chi connectivity index (χ1v) is 8.36. The van der Waals surface area contributed by atoms with Gasteiger partial charge in [0, 0.05) is 11.1 Å². The fourth-order valence-electron chi connectivity index (χ4n) is 2.25. The largest absolute Gasteiger partial charge is 0.273 e. The number of nitrogens with zero attached hydrogens (tertiary/aromatic N) is 2. The monoisotopic (exact) mass is 304 g/mol. The highest BCUT2D eigenvalue weighted by atomic mass is 32.2. The van der Waals surface area contributed by atoms with Crippen molar-refractivity contribution >= 4 is 34.1 Å². The predicted molar refractivity (Wildman–Crippen MR) is 85.5 cm³/mol. The zero-order chi connectivity index (χ0) is 14.3. The summed E-state index contributed by atoms with van der Waals surface area (Å²) in [5.74, 6) is 0.670. The quantitative estimate of drug-likeness (QED) is 0.845. The van der Waals surface area contributed by atoms with Crippen molar-refractivity contribution in [3.05, 3.63) is 46.0 Å². The molecule has 1 unspecified atom stereocenters. The SMILES string of the molecule is Cc1cnc(N2C(=O)CSC2c2ccc(C)c(C)c2)s1. The molecule has 3 rings (SSSR count). The summed E-state index contributed by atoms with van der Waals surface area (Å²) in [7, 11) is 0. The first kappa shape index (κ1) is 13.6. The Balaban J connectivity index is 1.99. The molecule has 0 spiro atoms. The second kappa shape index (κ2) is 5.22. The fraction of sp³-hybridized carbons (Fsp3) is 0.333. The van der Waals surface area contributed by atoms with Crippen molar-refractivity contribution in [2.24, 2.45) is 0 Å². The second-order valence-corrected chi connectivity index (χ2v) is 7.31. The van der Waals surface area contributed by atoms with E-state index in [1.54, 1.807) is 23.1 Å². The van der Waals surface area contributed by atoms with Gasteiger partial charge in [0.25, 0.3) is 0 Å². The number of anilines is 1. The molecule has 104 valence electrons. The third kappa shape index (κ3) is 2.36. The van der Waals surface area contributed by atoms with E-state index in [4.69, 9.17) is 0 Å². The molecule has 1 aliphatic rings. The number of hydrogen-bond acceptors (Lipinski definition) is 4. The Morgan fingerprint density at radius 1 is 1.25 bits per heavy atom. The van der Waals surface area contributed by atoms with Crippen molar-refractivity contribution in [2.45, 2.75) is 26.1 Å². The van der Waals surface area contributed by atoms with E-state index in [0.717, 1.165) is 10.0 Å². The standard InChI is InChI=1S/C15H16N2OS2/c1-9-4-5-12(6-10(9)2)14-17(13(18)8-19-14)15-16-7-11(3)20-15/h4-7,14H,8H2,1-3H3. The lowest BCUT2D eigenvalue weighted by Gasteiger charge is -2.22. The van der Waals surface area contributed by atoms with Gasteiger partial charge in [-0.3, -0.25) is 9.69 Å². The molecule has 3 nitrogen and oxygen atoms in total. The molecule has 2 heterocycles. The maximum atomic E-state index is 12.2. The number of hydrogen-bond donors (Lipinski definition) is 0. The number of benzene rings is 1. The van der Waals surface area contributed by atoms with Crippen LogP contribution in [-0.4, -0.2) is 16.6 Å². The summed E-state index contributed by atoms with van der Waals surface area (Å²) < 4.78 is 0. The van der Waals surface area contributed by atoms with Crippen molar-refractivity contribution in [1.29, 1.82) is 0 Å². The van der Waals surface area contributed by atoms with Crippen LogP contribution in [0.25, 0.3) is 0 Å². The second-order valence-electron chi connectivity index (χ2n) is 5.02. The Labute approximate surface area is 127 Å². The number of aromatic nitrogens is 1. The molecular formula is C15H16N2OS2. The van der Waals surface area contributed by atoms with Gasteiger partial charge in [0.15, 0.2) is 5.13 Å². The van der Waals surface area contributed by atoms with Crippen LogP contribution in [0.1, 0.15) is 26.9 Å². The third-order valence-corrected chi connectivity index (χ3v) is 5.62. The highest BCUT2D eigenvalue weighted by Gasteiger charge is 2.35. The molecule has 5 heteroatoms. The summed E-state index contributed by atoms with van der Waals surface area (Å²) in [5.41, 5.74) is 3.72. The Morgan fingerprint density at radius 3 is 2.70 bits per heavy atom. The highest BCUT2D eigenvalue weighted by molar-refractivity contribution is 8.00. The van der Waals surface area contributed by atoms with E-state index < -0.39 is 0 Å². The number of aryl methyl sites for hydroxylation is 3. The van der Waals surface area contributed by atoms with Gasteiger partial charge in [-0.1, -0.05) is 18.2 Å². The summed E-state index contributed by atoms with van der Waals surface area (Å²) in [6, 6.07) is 6.42. The maximum Gasteiger partial charge on any atom is 0.240 e. The third-order valence-electron chi connectivity index (χ3n) is 3.50. The molecule has 20 heavy (non-hydrogen) atoms. The molecule has 1 aromatic heterocycles. The number of carbonyl (C=O) groups excluding carboxylic acids is 1. The molecule has 0 bridgehead atoms. The van der Waals surface area contributed by atoms with E-state index in [9.17, 15) is 4.79 Å². The molecule has 1 fully saturated rings. The van der Waals surface area contributed by atoms with E-state index in [-0.39, 0.29) is 11.3 Å². The van der Waals surface area contributed by atoms with Crippen molar-refractivity contribution in [2.75, 3.05) is 10.7 Å². The molecule has 0 N–H and O–H groups in total. The molecule has 2 aromatic rings. The smallest absolute Gasteiger partial charge is 0.240 e. The van der Waals surface area contributed by atoms with Crippen molar-refractivity contribution in [3.8, 4) is 0 Å². The van der Waals surface area contributed by atoms with Crippen LogP contribution in [0.3, 0.4) is 0 Å². The Bertz CT molecular complexity index is 666. The van der Waals surface area contributed by atoms with Gasteiger partial charge in [-0.15, -0.1) is 23.1 Å². The average Bonchev–Trinajstić information content (AvgIpc) is 2.99. The van der Waals surface area contributed by atoms with Gasteiger partial charge in [-0.2, -0.15) is 0 Å². The van der Waals surface area contributed by atoms with Gasteiger partial charge < -0.3 is 0 Å². The minimum atomic E-state index is 0.0485. The normalized spacial score (nSPS) is 18.9. The zero-order valence-electron chi connectivity index (χ0n) is 11.7. The number of amides is 1. The van der Waals surface area contributed by atoms with E-state index in [0.29, 0.717) is 5.75 Å². The van der Waals surface area contributed by atoms with Crippen molar-refractivity contribution < 1.29 is 4.79 Å². The molecule has 1 aliphatic heterocycles. The predicted octanol–water partition coefficient (Wildman–Crippen LogP) is 3.85. The molecule has 1 aromatic carbocycles.